The first kappa shape index (κ1) is 18.7. The van der Waals surface area contributed by atoms with E-state index in [2.05, 4.69) is 5.32 Å². The predicted molar refractivity (Wildman–Crippen MR) is 85.5 cm³/mol. The van der Waals surface area contributed by atoms with Crippen molar-refractivity contribution in [3.63, 3.8) is 0 Å². The molecule has 2 fully saturated rings. The fraction of sp³-hybridized carbons (Fsp3) is 0.556. The SMILES string of the molecule is O=C(O)C1(C(=O)NCC2(c3cccc(C(F)(F)F)c3)CCOCC2)CC1. The molecule has 26 heavy (non-hydrogen) atoms. The number of alkyl halides is 3. The summed E-state index contributed by atoms with van der Waals surface area (Å²) in [4.78, 5) is 23.6. The van der Waals surface area contributed by atoms with Gasteiger partial charge in [-0.05, 0) is 37.3 Å². The molecule has 1 amide bonds. The minimum absolute atomic E-state index is 0.0888. The lowest BCUT2D eigenvalue weighted by Crippen LogP contribution is -2.47. The summed E-state index contributed by atoms with van der Waals surface area (Å²) in [6.07, 6.45) is -2.97. The van der Waals surface area contributed by atoms with Crippen molar-refractivity contribution in [1.29, 1.82) is 0 Å². The highest BCUT2D eigenvalue weighted by atomic mass is 19.4. The molecule has 2 aliphatic rings. The topological polar surface area (TPSA) is 75.6 Å². The third-order valence-corrected chi connectivity index (χ3v) is 5.43. The minimum Gasteiger partial charge on any atom is -0.480 e. The van der Waals surface area contributed by atoms with E-state index in [0.29, 0.717) is 31.6 Å². The predicted octanol–water partition coefficient (Wildman–Crippen LogP) is 2.73. The average molecular weight is 371 g/mol. The molecule has 1 heterocycles. The number of aliphatic carboxylic acids is 1. The van der Waals surface area contributed by atoms with E-state index in [1.54, 1.807) is 6.07 Å². The Morgan fingerprint density at radius 2 is 1.81 bits per heavy atom. The van der Waals surface area contributed by atoms with E-state index >= 15 is 0 Å². The Kier molecular flexibility index (Phi) is 4.72. The molecule has 3 rings (SSSR count). The maximum atomic E-state index is 13.1. The van der Waals surface area contributed by atoms with E-state index in [0.717, 1.165) is 12.1 Å². The van der Waals surface area contributed by atoms with Crippen LogP contribution in [0.5, 0.6) is 0 Å². The van der Waals surface area contributed by atoms with Gasteiger partial charge in [0.05, 0.1) is 5.56 Å². The third-order valence-electron chi connectivity index (χ3n) is 5.43. The van der Waals surface area contributed by atoms with Crippen LogP contribution in [0.3, 0.4) is 0 Å². The number of rotatable bonds is 5. The van der Waals surface area contributed by atoms with Gasteiger partial charge in [0.2, 0.25) is 5.91 Å². The van der Waals surface area contributed by atoms with Gasteiger partial charge in [0.1, 0.15) is 5.41 Å². The normalized spacial score (nSPS) is 21.0. The van der Waals surface area contributed by atoms with E-state index < -0.39 is 34.4 Å². The molecule has 0 atom stereocenters. The molecular formula is C18H20F3NO4. The fourth-order valence-electron chi connectivity index (χ4n) is 3.44. The lowest BCUT2D eigenvalue weighted by Gasteiger charge is -2.38. The largest absolute Gasteiger partial charge is 0.480 e. The van der Waals surface area contributed by atoms with Crippen LogP contribution in [0.2, 0.25) is 0 Å². The molecule has 142 valence electrons. The van der Waals surface area contributed by atoms with Crippen LogP contribution in [0.15, 0.2) is 24.3 Å². The monoisotopic (exact) mass is 371 g/mol. The lowest BCUT2D eigenvalue weighted by atomic mass is 9.73. The van der Waals surface area contributed by atoms with Crippen molar-refractivity contribution in [2.45, 2.75) is 37.3 Å². The molecule has 1 aliphatic heterocycles. The molecule has 0 spiro atoms. The smallest absolute Gasteiger partial charge is 0.416 e. The second-order valence-electron chi connectivity index (χ2n) is 7.04. The van der Waals surface area contributed by atoms with Crippen molar-refractivity contribution >= 4 is 11.9 Å². The highest BCUT2D eigenvalue weighted by Crippen LogP contribution is 2.46. The number of nitrogens with one attached hydrogen (secondary N) is 1. The molecule has 0 aromatic heterocycles. The van der Waals surface area contributed by atoms with Gasteiger partial charge in [-0.2, -0.15) is 13.2 Å². The van der Waals surface area contributed by atoms with Gasteiger partial charge in [0.15, 0.2) is 0 Å². The molecule has 1 saturated heterocycles. The first-order chi connectivity index (χ1) is 12.2. The average Bonchev–Trinajstić information content (AvgIpc) is 3.42. The number of benzene rings is 1. The number of ether oxygens (including phenoxy) is 1. The van der Waals surface area contributed by atoms with E-state index in [-0.39, 0.29) is 19.4 Å². The maximum absolute atomic E-state index is 13.1. The van der Waals surface area contributed by atoms with Crippen LogP contribution in [0.25, 0.3) is 0 Å². The van der Waals surface area contributed by atoms with Crippen molar-refractivity contribution in [3.05, 3.63) is 35.4 Å². The van der Waals surface area contributed by atoms with Crippen molar-refractivity contribution in [3.8, 4) is 0 Å². The molecule has 1 aromatic rings. The third kappa shape index (κ3) is 3.42. The summed E-state index contributed by atoms with van der Waals surface area (Å²) >= 11 is 0. The van der Waals surface area contributed by atoms with Gasteiger partial charge in [0.25, 0.3) is 0 Å². The Hall–Kier alpha value is -2.09. The molecular weight excluding hydrogens is 351 g/mol. The quantitative estimate of drug-likeness (QED) is 0.781. The first-order valence-corrected chi connectivity index (χ1v) is 8.47. The Morgan fingerprint density at radius 3 is 2.35 bits per heavy atom. The molecule has 0 radical (unpaired) electrons. The number of amides is 1. The standard InChI is InChI=1S/C18H20F3NO4/c19-18(20,21)13-3-1-2-12(10-13)16(6-8-26-9-7-16)11-22-14(23)17(4-5-17)15(24)25/h1-3,10H,4-9,11H2,(H,22,23)(H,24,25). The summed E-state index contributed by atoms with van der Waals surface area (Å²) in [5.41, 5.74) is -2.34. The Balaban J connectivity index is 1.83. The summed E-state index contributed by atoms with van der Waals surface area (Å²) in [6, 6.07) is 5.11. The summed E-state index contributed by atoms with van der Waals surface area (Å²) in [6.45, 7) is 0.831. The molecule has 1 aliphatic carbocycles. The van der Waals surface area contributed by atoms with E-state index in [1.165, 1.54) is 6.07 Å². The number of carboxylic acids is 1. The van der Waals surface area contributed by atoms with Gasteiger partial charge in [-0.1, -0.05) is 18.2 Å². The molecule has 5 nitrogen and oxygen atoms in total. The first-order valence-electron chi connectivity index (χ1n) is 8.47. The van der Waals surface area contributed by atoms with Gasteiger partial charge < -0.3 is 15.2 Å². The second-order valence-corrected chi connectivity index (χ2v) is 7.04. The Labute approximate surface area is 148 Å². The Morgan fingerprint density at radius 1 is 1.15 bits per heavy atom. The van der Waals surface area contributed by atoms with Gasteiger partial charge in [0, 0.05) is 25.2 Å². The van der Waals surface area contributed by atoms with Crippen LogP contribution < -0.4 is 5.32 Å². The number of hydrogen-bond acceptors (Lipinski definition) is 3. The highest BCUT2D eigenvalue weighted by molar-refractivity contribution is 6.04. The van der Waals surface area contributed by atoms with Crippen LogP contribution in [0.4, 0.5) is 13.2 Å². The molecule has 2 N–H and O–H groups in total. The van der Waals surface area contributed by atoms with Crippen LogP contribution in [0, 0.1) is 5.41 Å². The summed E-state index contributed by atoms with van der Waals surface area (Å²) in [5, 5.41) is 11.9. The van der Waals surface area contributed by atoms with E-state index in [1.807, 2.05) is 0 Å². The van der Waals surface area contributed by atoms with Gasteiger partial charge >= 0.3 is 12.1 Å². The number of hydrogen-bond donors (Lipinski definition) is 2. The molecule has 8 heteroatoms. The summed E-state index contributed by atoms with van der Waals surface area (Å²) < 4.78 is 44.5. The number of carboxylic acid groups (broad SMARTS) is 1. The zero-order valence-electron chi connectivity index (χ0n) is 14.1. The molecule has 1 aromatic carbocycles. The number of halogens is 3. The summed E-state index contributed by atoms with van der Waals surface area (Å²) in [7, 11) is 0. The highest BCUT2D eigenvalue weighted by Gasteiger charge is 2.57. The molecule has 0 bridgehead atoms. The van der Waals surface area contributed by atoms with Gasteiger partial charge in [-0.3, -0.25) is 9.59 Å². The van der Waals surface area contributed by atoms with Crippen LogP contribution in [-0.2, 0) is 25.9 Å². The van der Waals surface area contributed by atoms with Gasteiger partial charge in [-0.15, -0.1) is 0 Å². The van der Waals surface area contributed by atoms with Crippen LogP contribution >= 0.6 is 0 Å². The van der Waals surface area contributed by atoms with Crippen molar-refractivity contribution in [1.82, 2.24) is 5.32 Å². The molecule has 1 saturated carbocycles. The van der Waals surface area contributed by atoms with Gasteiger partial charge in [-0.25, -0.2) is 0 Å². The zero-order valence-corrected chi connectivity index (χ0v) is 14.1. The van der Waals surface area contributed by atoms with Crippen LogP contribution in [-0.4, -0.2) is 36.7 Å². The molecule has 0 unspecified atom stereocenters. The summed E-state index contributed by atoms with van der Waals surface area (Å²) in [5.74, 6) is -1.72. The van der Waals surface area contributed by atoms with Crippen molar-refractivity contribution < 1.29 is 32.6 Å². The fourth-order valence-corrected chi connectivity index (χ4v) is 3.44. The second kappa shape index (κ2) is 6.57. The lowest BCUT2D eigenvalue weighted by molar-refractivity contribution is -0.149. The number of carbonyl (C=O) groups excluding carboxylic acids is 1. The maximum Gasteiger partial charge on any atom is 0.416 e. The number of carbonyl (C=O) groups is 2. The van der Waals surface area contributed by atoms with E-state index in [4.69, 9.17) is 4.74 Å². The van der Waals surface area contributed by atoms with Crippen molar-refractivity contribution in [2.24, 2.45) is 5.41 Å². The van der Waals surface area contributed by atoms with Crippen LogP contribution in [0.1, 0.15) is 36.8 Å². The van der Waals surface area contributed by atoms with Crippen molar-refractivity contribution in [2.75, 3.05) is 19.8 Å². The zero-order chi connectivity index (χ0) is 19.0. The minimum atomic E-state index is -4.45. The Bertz CT molecular complexity index is 707. The van der Waals surface area contributed by atoms with E-state index in [9.17, 15) is 27.9 Å².